The van der Waals surface area contributed by atoms with Crippen LogP contribution in [-0.4, -0.2) is 35.6 Å². The molecule has 0 saturated carbocycles. The summed E-state index contributed by atoms with van der Waals surface area (Å²) in [7, 11) is 0. The normalized spacial score (nSPS) is 13.3. The van der Waals surface area contributed by atoms with Crippen LogP contribution in [0.15, 0.2) is 70.5 Å². The molecule has 142 valence electrons. The Labute approximate surface area is 163 Å². The second-order valence-electron chi connectivity index (χ2n) is 6.51. The van der Waals surface area contributed by atoms with Crippen LogP contribution in [0.2, 0.25) is 0 Å². The lowest BCUT2D eigenvalue weighted by Gasteiger charge is -2.16. The Bertz CT molecular complexity index is 878. The molecule has 3 rings (SSSR count). The van der Waals surface area contributed by atoms with E-state index in [1.165, 1.54) is 0 Å². The van der Waals surface area contributed by atoms with Crippen molar-refractivity contribution in [1.29, 1.82) is 0 Å². The molecule has 0 aromatic heterocycles. The van der Waals surface area contributed by atoms with Crippen LogP contribution in [-0.2, 0) is 0 Å². The fraction of sp³-hybridized carbons (Fsp3) is 0.273. The first kappa shape index (κ1) is 19.5. The highest BCUT2D eigenvalue weighted by Crippen LogP contribution is 2.41. The second-order valence-corrected chi connectivity index (χ2v) is 7.59. The molecule has 0 heterocycles. The smallest absolute Gasteiger partial charge is 0.134 e. The summed E-state index contributed by atoms with van der Waals surface area (Å²) in [5, 5.41) is 21.1. The van der Waals surface area contributed by atoms with Crippen molar-refractivity contribution in [3.05, 3.63) is 60.7 Å². The minimum atomic E-state index is -0.536. The van der Waals surface area contributed by atoms with E-state index in [-0.39, 0.29) is 13.2 Å². The van der Waals surface area contributed by atoms with Crippen LogP contribution in [0, 0.1) is 0 Å². The van der Waals surface area contributed by atoms with Crippen molar-refractivity contribution < 1.29 is 19.7 Å². The van der Waals surface area contributed by atoms with Crippen LogP contribution < -0.4 is 9.47 Å². The number of aliphatic hydroxyl groups excluding tert-OH is 2. The Kier molecular flexibility index (Phi) is 6.61. The maximum atomic E-state index is 9.58. The van der Waals surface area contributed by atoms with Gasteiger partial charge in [-0.15, -0.1) is 0 Å². The molecule has 0 bridgehead atoms. The molecule has 0 aliphatic heterocycles. The summed E-state index contributed by atoms with van der Waals surface area (Å²) in [5.41, 5.74) is 0. The fourth-order valence-corrected chi connectivity index (χ4v) is 3.65. The molecule has 3 aromatic rings. The third-order valence-corrected chi connectivity index (χ3v) is 4.97. The molecule has 0 aliphatic carbocycles. The Balaban J connectivity index is 1.98. The van der Waals surface area contributed by atoms with Gasteiger partial charge in [0, 0.05) is 4.90 Å². The monoisotopic (exact) mass is 384 g/mol. The quantitative estimate of drug-likeness (QED) is 0.598. The first-order chi connectivity index (χ1) is 13.0. The third kappa shape index (κ3) is 5.39. The van der Waals surface area contributed by atoms with Gasteiger partial charge in [-0.2, -0.15) is 0 Å². The molecule has 0 radical (unpaired) electrons. The van der Waals surface area contributed by atoms with E-state index in [4.69, 9.17) is 9.47 Å². The summed E-state index contributed by atoms with van der Waals surface area (Å²) in [5.74, 6) is 1.46. The second kappa shape index (κ2) is 9.13. The van der Waals surface area contributed by atoms with Crippen molar-refractivity contribution in [2.45, 2.75) is 35.8 Å². The number of hydrogen-bond acceptors (Lipinski definition) is 5. The minimum absolute atomic E-state index is 0.240. The molecule has 2 N–H and O–H groups in total. The van der Waals surface area contributed by atoms with E-state index in [1.54, 1.807) is 25.6 Å². The standard InChI is InChI=1S/C22H24O4S/c1-15(23)13-25-18-9-10-20-17(12-18)8-11-21(26-14-16(2)24)22(20)27-19-6-4-3-5-7-19/h3-12,15-16,23-24H,13-14H2,1-2H3. The Morgan fingerprint density at radius 1 is 0.852 bits per heavy atom. The Hall–Kier alpha value is -2.21. The molecule has 0 fully saturated rings. The lowest BCUT2D eigenvalue weighted by molar-refractivity contribution is 0.121. The molecule has 0 aliphatic rings. The van der Waals surface area contributed by atoms with Crippen LogP contribution in [0.25, 0.3) is 10.8 Å². The van der Waals surface area contributed by atoms with Gasteiger partial charge in [0.05, 0.1) is 17.1 Å². The van der Waals surface area contributed by atoms with Gasteiger partial charge in [-0.25, -0.2) is 0 Å². The molecule has 2 unspecified atom stereocenters. The highest BCUT2D eigenvalue weighted by Gasteiger charge is 2.13. The van der Waals surface area contributed by atoms with Gasteiger partial charge in [-0.3, -0.25) is 0 Å². The van der Waals surface area contributed by atoms with Gasteiger partial charge in [0.25, 0.3) is 0 Å². The number of aliphatic hydroxyl groups is 2. The Morgan fingerprint density at radius 2 is 1.56 bits per heavy atom. The Morgan fingerprint density at radius 3 is 2.26 bits per heavy atom. The van der Waals surface area contributed by atoms with Gasteiger partial charge < -0.3 is 19.7 Å². The van der Waals surface area contributed by atoms with E-state index >= 15 is 0 Å². The summed E-state index contributed by atoms with van der Waals surface area (Å²) in [6.07, 6.45) is -1.05. The summed E-state index contributed by atoms with van der Waals surface area (Å²) >= 11 is 1.63. The lowest BCUT2D eigenvalue weighted by Crippen LogP contribution is -2.13. The number of benzene rings is 3. The van der Waals surface area contributed by atoms with Gasteiger partial charge in [-0.05, 0) is 61.0 Å². The van der Waals surface area contributed by atoms with Crippen molar-refractivity contribution >= 4 is 22.5 Å². The van der Waals surface area contributed by atoms with E-state index < -0.39 is 12.2 Å². The van der Waals surface area contributed by atoms with Gasteiger partial charge in [-0.1, -0.05) is 36.0 Å². The van der Waals surface area contributed by atoms with Gasteiger partial charge in [0.1, 0.15) is 24.7 Å². The zero-order chi connectivity index (χ0) is 19.2. The van der Waals surface area contributed by atoms with Crippen LogP contribution in [0.5, 0.6) is 11.5 Å². The zero-order valence-electron chi connectivity index (χ0n) is 15.5. The van der Waals surface area contributed by atoms with E-state index in [0.717, 1.165) is 32.1 Å². The molecule has 4 nitrogen and oxygen atoms in total. The number of ether oxygens (including phenoxy) is 2. The summed E-state index contributed by atoms with van der Waals surface area (Å²) < 4.78 is 11.5. The van der Waals surface area contributed by atoms with Crippen LogP contribution in [0.1, 0.15) is 13.8 Å². The average Bonchev–Trinajstić information content (AvgIpc) is 2.66. The van der Waals surface area contributed by atoms with Crippen LogP contribution in [0.4, 0.5) is 0 Å². The largest absolute Gasteiger partial charge is 0.491 e. The van der Waals surface area contributed by atoms with Gasteiger partial charge in [0.2, 0.25) is 0 Å². The van der Waals surface area contributed by atoms with E-state index in [9.17, 15) is 10.2 Å². The van der Waals surface area contributed by atoms with Gasteiger partial charge >= 0.3 is 0 Å². The SMILES string of the molecule is CC(O)COc1ccc2c(Sc3ccccc3)c(OCC(C)O)ccc2c1. The highest BCUT2D eigenvalue weighted by molar-refractivity contribution is 7.99. The van der Waals surface area contributed by atoms with Gasteiger partial charge in [0.15, 0.2) is 0 Å². The molecular weight excluding hydrogens is 360 g/mol. The first-order valence-electron chi connectivity index (χ1n) is 8.94. The molecule has 0 saturated heterocycles. The molecular formula is C22H24O4S. The van der Waals surface area contributed by atoms with E-state index in [2.05, 4.69) is 12.1 Å². The first-order valence-corrected chi connectivity index (χ1v) is 9.76. The van der Waals surface area contributed by atoms with Crippen LogP contribution in [0.3, 0.4) is 0 Å². The predicted octanol–water partition coefficient (Wildman–Crippen LogP) is 4.51. The third-order valence-electron chi connectivity index (χ3n) is 3.84. The molecule has 3 aromatic carbocycles. The van der Waals surface area contributed by atoms with Crippen molar-refractivity contribution in [3.63, 3.8) is 0 Å². The summed E-state index contributed by atoms with van der Waals surface area (Å²) in [6.45, 7) is 3.90. The molecule has 2 atom stereocenters. The molecule has 27 heavy (non-hydrogen) atoms. The number of fused-ring (bicyclic) bond motifs is 1. The molecule has 0 amide bonds. The average molecular weight is 384 g/mol. The maximum absolute atomic E-state index is 9.58. The summed E-state index contributed by atoms with van der Waals surface area (Å²) in [6, 6.07) is 19.9. The fourth-order valence-electron chi connectivity index (χ4n) is 2.60. The van der Waals surface area contributed by atoms with Crippen molar-refractivity contribution in [1.82, 2.24) is 0 Å². The minimum Gasteiger partial charge on any atom is -0.491 e. The van der Waals surface area contributed by atoms with E-state index in [1.807, 2.05) is 48.5 Å². The highest BCUT2D eigenvalue weighted by atomic mass is 32.2. The topological polar surface area (TPSA) is 58.9 Å². The number of rotatable bonds is 8. The molecule has 0 spiro atoms. The lowest BCUT2D eigenvalue weighted by atomic mass is 10.1. The summed E-state index contributed by atoms with van der Waals surface area (Å²) in [4.78, 5) is 2.11. The zero-order valence-corrected chi connectivity index (χ0v) is 16.3. The van der Waals surface area contributed by atoms with E-state index in [0.29, 0.717) is 0 Å². The predicted molar refractivity (Wildman–Crippen MR) is 109 cm³/mol. The molecule has 5 heteroatoms. The van der Waals surface area contributed by atoms with Crippen molar-refractivity contribution in [2.75, 3.05) is 13.2 Å². The van der Waals surface area contributed by atoms with Crippen LogP contribution >= 0.6 is 11.8 Å². The maximum Gasteiger partial charge on any atom is 0.134 e. The van der Waals surface area contributed by atoms with Crippen molar-refractivity contribution in [2.24, 2.45) is 0 Å². The number of hydrogen-bond donors (Lipinski definition) is 2. The van der Waals surface area contributed by atoms with Crippen molar-refractivity contribution in [3.8, 4) is 11.5 Å².